The van der Waals surface area contributed by atoms with Crippen LogP contribution in [0, 0.1) is 6.92 Å². The van der Waals surface area contributed by atoms with Gasteiger partial charge in [-0.3, -0.25) is 4.79 Å². The Labute approximate surface area is 198 Å². The number of esters is 1. The van der Waals surface area contributed by atoms with E-state index in [-0.39, 0.29) is 11.7 Å². The first kappa shape index (κ1) is 21.3. The lowest BCUT2D eigenvalue weighted by Gasteiger charge is -2.20. The van der Waals surface area contributed by atoms with E-state index in [1.54, 1.807) is 29.6 Å². The van der Waals surface area contributed by atoms with Gasteiger partial charge in [-0.15, -0.1) is 22.7 Å². The molecule has 0 radical (unpaired) electrons. The quantitative estimate of drug-likeness (QED) is 0.352. The zero-order chi connectivity index (χ0) is 22.8. The van der Waals surface area contributed by atoms with Gasteiger partial charge in [0, 0.05) is 16.9 Å². The fourth-order valence-electron chi connectivity index (χ4n) is 3.59. The van der Waals surface area contributed by atoms with Gasteiger partial charge < -0.3 is 9.15 Å². The van der Waals surface area contributed by atoms with E-state index < -0.39 is 18.5 Å². The van der Waals surface area contributed by atoms with Crippen molar-refractivity contribution in [1.82, 2.24) is 9.99 Å². The zero-order valence-corrected chi connectivity index (χ0v) is 19.3. The summed E-state index contributed by atoms with van der Waals surface area (Å²) in [5, 5.41) is 9.95. The first-order chi connectivity index (χ1) is 16.1. The van der Waals surface area contributed by atoms with Crippen LogP contribution < -0.4 is 0 Å². The Morgan fingerprint density at radius 3 is 2.61 bits per heavy atom. The summed E-state index contributed by atoms with van der Waals surface area (Å²) in [6.07, 6.45) is 0.615. The van der Waals surface area contributed by atoms with Crippen LogP contribution in [0.5, 0.6) is 0 Å². The number of thiophene rings is 2. The fourth-order valence-corrected chi connectivity index (χ4v) is 5.12. The maximum atomic E-state index is 13.0. The highest BCUT2D eigenvalue weighted by atomic mass is 32.1. The molecule has 0 bridgehead atoms. The van der Waals surface area contributed by atoms with Crippen LogP contribution in [0.2, 0.25) is 0 Å². The van der Waals surface area contributed by atoms with Crippen molar-refractivity contribution >= 4 is 40.3 Å². The van der Waals surface area contributed by atoms with Gasteiger partial charge in [0.1, 0.15) is 5.76 Å². The average Bonchev–Trinajstić information content (AvgIpc) is 3.63. The third-order valence-corrected chi connectivity index (χ3v) is 7.07. The van der Waals surface area contributed by atoms with Crippen LogP contribution in [0.1, 0.15) is 38.5 Å². The average molecular weight is 478 g/mol. The Bertz CT molecular complexity index is 1290. The summed E-state index contributed by atoms with van der Waals surface area (Å²) in [4.78, 5) is 32.0. The van der Waals surface area contributed by atoms with Gasteiger partial charge >= 0.3 is 5.97 Å². The summed E-state index contributed by atoms with van der Waals surface area (Å²) in [5.41, 5.74) is 1.66. The Hall–Kier alpha value is -3.56. The monoisotopic (exact) mass is 477 g/mol. The molecule has 0 fully saturated rings. The van der Waals surface area contributed by atoms with E-state index in [1.165, 1.54) is 5.01 Å². The Kier molecular flexibility index (Phi) is 5.89. The van der Waals surface area contributed by atoms with Gasteiger partial charge in [-0.1, -0.05) is 30.3 Å². The lowest BCUT2D eigenvalue weighted by atomic mass is 10.1. The molecule has 0 spiro atoms. The topological polar surface area (TPSA) is 85.0 Å². The highest BCUT2D eigenvalue weighted by Gasteiger charge is 2.34. The van der Waals surface area contributed by atoms with Gasteiger partial charge in [0.05, 0.1) is 16.6 Å². The molecule has 3 aromatic heterocycles. The van der Waals surface area contributed by atoms with E-state index >= 15 is 0 Å². The Balaban J connectivity index is 1.30. The van der Waals surface area contributed by atoms with Gasteiger partial charge in [-0.2, -0.15) is 5.10 Å². The van der Waals surface area contributed by atoms with Crippen LogP contribution in [0.25, 0.3) is 11.5 Å². The number of rotatable bonds is 6. The second kappa shape index (κ2) is 9.13. The number of hydrogen-bond donors (Lipinski definition) is 0. The molecular formula is C24H19N3O4S2. The fraction of sp³-hybridized carbons (Fsp3) is 0.167. The van der Waals surface area contributed by atoms with Gasteiger partial charge in [0.2, 0.25) is 5.89 Å². The van der Waals surface area contributed by atoms with E-state index in [0.717, 1.165) is 21.0 Å². The molecule has 1 aromatic carbocycles. The highest BCUT2D eigenvalue weighted by molar-refractivity contribution is 7.12. The van der Waals surface area contributed by atoms with Gasteiger partial charge in [0.15, 0.2) is 12.3 Å². The number of amides is 1. The predicted molar refractivity (Wildman–Crippen MR) is 126 cm³/mol. The lowest BCUT2D eigenvalue weighted by Crippen LogP contribution is -2.31. The summed E-state index contributed by atoms with van der Waals surface area (Å²) in [6, 6.07) is 16.9. The molecule has 1 aliphatic rings. The van der Waals surface area contributed by atoms with Crippen molar-refractivity contribution in [3.05, 3.63) is 86.6 Å². The number of oxazole rings is 1. The van der Waals surface area contributed by atoms with Crippen molar-refractivity contribution in [2.45, 2.75) is 19.4 Å². The lowest BCUT2D eigenvalue weighted by molar-refractivity contribution is -0.136. The molecule has 4 heterocycles. The van der Waals surface area contributed by atoms with E-state index in [0.29, 0.717) is 18.1 Å². The number of nitrogens with zero attached hydrogens (tertiary/aromatic N) is 3. The van der Waals surface area contributed by atoms with Crippen LogP contribution in [0.4, 0.5) is 0 Å². The first-order valence-electron chi connectivity index (χ1n) is 10.3. The molecule has 1 aliphatic heterocycles. The van der Waals surface area contributed by atoms with Crippen LogP contribution in [0.3, 0.4) is 0 Å². The second-order valence-corrected chi connectivity index (χ2v) is 9.29. The highest BCUT2D eigenvalue weighted by Crippen LogP contribution is 2.36. The smallest absolute Gasteiger partial charge is 0.361 e. The van der Waals surface area contributed by atoms with Crippen molar-refractivity contribution in [2.24, 2.45) is 5.10 Å². The summed E-state index contributed by atoms with van der Waals surface area (Å²) in [7, 11) is 0. The minimum absolute atomic E-state index is 0.0562. The molecule has 7 nitrogen and oxygen atoms in total. The van der Waals surface area contributed by atoms with E-state index in [1.807, 2.05) is 65.4 Å². The molecule has 33 heavy (non-hydrogen) atoms. The van der Waals surface area contributed by atoms with E-state index in [2.05, 4.69) is 10.1 Å². The van der Waals surface area contributed by atoms with Crippen molar-refractivity contribution in [3.8, 4) is 11.5 Å². The van der Waals surface area contributed by atoms with Crippen LogP contribution >= 0.6 is 22.7 Å². The summed E-state index contributed by atoms with van der Waals surface area (Å²) < 4.78 is 10.9. The SMILES string of the molecule is Cc1oc(-c2ccccc2)nc1C(=O)OCC(=O)N1N=C(c2cccs2)CC1c1cccs1. The molecule has 1 amide bonds. The molecule has 4 aromatic rings. The molecule has 0 N–H and O–H groups in total. The van der Waals surface area contributed by atoms with Gasteiger partial charge in [-0.25, -0.2) is 14.8 Å². The maximum Gasteiger partial charge on any atom is 0.361 e. The molecule has 9 heteroatoms. The first-order valence-corrected chi connectivity index (χ1v) is 12.0. The molecule has 0 saturated carbocycles. The van der Waals surface area contributed by atoms with E-state index in [9.17, 15) is 9.59 Å². The third-order valence-electron chi connectivity index (χ3n) is 5.18. The summed E-state index contributed by atoms with van der Waals surface area (Å²) in [5.74, 6) is -0.436. The number of ether oxygens (including phenoxy) is 1. The Morgan fingerprint density at radius 2 is 1.88 bits per heavy atom. The second-order valence-electron chi connectivity index (χ2n) is 7.36. The van der Waals surface area contributed by atoms with Crippen LogP contribution in [-0.4, -0.2) is 34.2 Å². The van der Waals surface area contributed by atoms with Crippen molar-refractivity contribution < 1.29 is 18.7 Å². The normalized spacial score (nSPS) is 15.5. The number of aryl methyl sites for hydroxylation is 1. The van der Waals surface area contributed by atoms with Crippen molar-refractivity contribution in [3.63, 3.8) is 0 Å². The van der Waals surface area contributed by atoms with Gasteiger partial charge in [0.25, 0.3) is 5.91 Å². The van der Waals surface area contributed by atoms with Gasteiger partial charge in [-0.05, 0) is 41.9 Å². The minimum atomic E-state index is -0.707. The van der Waals surface area contributed by atoms with E-state index in [4.69, 9.17) is 9.15 Å². The molecule has 1 atom stereocenters. The molecule has 1 unspecified atom stereocenters. The number of carbonyl (C=O) groups excluding carboxylic acids is 2. The van der Waals surface area contributed by atoms with Crippen molar-refractivity contribution in [1.29, 1.82) is 0 Å². The third kappa shape index (κ3) is 4.37. The predicted octanol–water partition coefficient (Wildman–Crippen LogP) is 5.31. The molecule has 0 saturated heterocycles. The molecule has 0 aliphatic carbocycles. The number of hydrogen-bond acceptors (Lipinski definition) is 8. The number of hydrazone groups is 1. The molecule has 166 valence electrons. The summed E-state index contributed by atoms with van der Waals surface area (Å²) >= 11 is 3.15. The maximum absolute atomic E-state index is 13.0. The summed E-state index contributed by atoms with van der Waals surface area (Å²) in [6.45, 7) is 1.21. The number of benzene rings is 1. The number of carbonyl (C=O) groups is 2. The standard InChI is InChI=1S/C24H19N3O4S2/c1-15-22(25-23(31-15)16-7-3-2-4-8-16)24(29)30-14-21(28)27-18(20-10-6-12-33-20)13-17(26-27)19-9-5-11-32-19/h2-12,18H,13-14H2,1H3. The number of aromatic nitrogens is 1. The largest absolute Gasteiger partial charge is 0.451 e. The minimum Gasteiger partial charge on any atom is -0.451 e. The molecular weight excluding hydrogens is 458 g/mol. The molecule has 5 rings (SSSR count). The van der Waals surface area contributed by atoms with Crippen molar-refractivity contribution in [2.75, 3.05) is 6.61 Å². The van der Waals surface area contributed by atoms with Crippen LogP contribution in [0.15, 0.2) is 74.9 Å². The zero-order valence-electron chi connectivity index (χ0n) is 17.6. The van der Waals surface area contributed by atoms with Crippen LogP contribution in [-0.2, 0) is 9.53 Å². The Morgan fingerprint density at radius 1 is 1.09 bits per heavy atom.